The third kappa shape index (κ3) is 2.20. The number of carbonyl (C=O) groups excluding carboxylic acids is 2. The third-order valence-corrected chi connectivity index (χ3v) is 2.53. The molecular weight excluding hydrogens is 208 g/mol. The number of aliphatic hydroxyl groups excluding tert-OH is 1. The summed E-state index contributed by atoms with van der Waals surface area (Å²) in [5, 5.41) is 14.0. The Morgan fingerprint density at radius 1 is 1.19 bits per heavy atom. The maximum absolute atomic E-state index is 11.5. The number of rotatable bonds is 2. The van der Waals surface area contributed by atoms with Crippen LogP contribution in [0.3, 0.4) is 0 Å². The standard InChI is InChI=1S/C11H12N2O3/c14-9-8(10(15)13-11(16)12-9)6-7-4-2-1-3-5-7/h1-5,8-9,14H,6H2,(H2,12,13,15,16). The van der Waals surface area contributed by atoms with Gasteiger partial charge in [-0.05, 0) is 12.0 Å². The molecule has 1 heterocycles. The molecule has 2 rings (SSSR count). The van der Waals surface area contributed by atoms with Gasteiger partial charge < -0.3 is 10.4 Å². The second-order valence-electron chi connectivity index (χ2n) is 3.70. The number of nitrogens with one attached hydrogen (secondary N) is 2. The lowest BCUT2D eigenvalue weighted by molar-refractivity contribution is -0.129. The summed E-state index contributed by atoms with van der Waals surface area (Å²) < 4.78 is 0. The summed E-state index contributed by atoms with van der Waals surface area (Å²) in [6.45, 7) is 0. The lowest BCUT2D eigenvalue weighted by Gasteiger charge is -2.27. The number of carbonyl (C=O) groups is 2. The lowest BCUT2D eigenvalue weighted by atomic mass is 9.95. The summed E-state index contributed by atoms with van der Waals surface area (Å²) in [7, 11) is 0. The Kier molecular flexibility index (Phi) is 2.87. The Labute approximate surface area is 92.5 Å². The minimum atomic E-state index is -1.12. The van der Waals surface area contributed by atoms with Gasteiger partial charge in [0.1, 0.15) is 6.23 Å². The molecule has 1 fully saturated rings. The molecule has 0 bridgehead atoms. The van der Waals surface area contributed by atoms with Gasteiger partial charge in [-0.2, -0.15) is 0 Å². The first kappa shape index (κ1) is 10.6. The molecule has 5 nitrogen and oxygen atoms in total. The van der Waals surface area contributed by atoms with E-state index in [1.807, 2.05) is 30.3 Å². The molecule has 1 aromatic carbocycles. The zero-order valence-electron chi connectivity index (χ0n) is 8.51. The second-order valence-corrected chi connectivity index (χ2v) is 3.70. The molecule has 3 N–H and O–H groups in total. The maximum atomic E-state index is 11.5. The third-order valence-electron chi connectivity index (χ3n) is 2.53. The first-order chi connectivity index (χ1) is 7.66. The Morgan fingerprint density at radius 3 is 2.50 bits per heavy atom. The molecule has 2 unspecified atom stereocenters. The van der Waals surface area contributed by atoms with Crippen molar-refractivity contribution >= 4 is 11.9 Å². The van der Waals surface area contributed by atoms with E-state index in [9.17, 15) is 14.7 Å². The molecule has 0 saturated carbocycles. The van der Waals surface area contributed by atoms with E-state index in [0.717, 1.165) is 5.56 Å². The number of hydrogen-bond acceptors (Lipinski definition) is 3. The van der Waals surface area contributed by atoms with Crippen molar-refractivity contribution in [1.82, 2.24) is 10.6 Å². The molecule has 16 heavy (non-hydrogen) atoms. The van der Waals surface area contributed by atoms with Gasteiger partial charge in [-0.15, -0.1) is 0 Å². The van der Waals surface area contributed by atoms with Crippen molar-refractivity contribution in [2.45, 2.75) is 12.6 Å². The summed E-state index contributed by atoms with van der Waals surface area (Å²) in [4.78, 5) is 22.4. The van der Waals surface area contributed by atoms with Crippen LogP contribution in [0, 0.1) is 5.92 Å². The monoisotopic (exact) mass is 220 g/mol. The summed E-state index contributed by atoms with van der Waals surface area (Å²) in [6.07, 6.45) is -0.727. The maximum Gasteiger partial charge on any atom is 0.323 e. The molecule has 1 aliphatic heterocycles. The second kappa shape index (κ2) is 4.32. The number of aliphatic hydroxyl groups is 1. The molecule has 0 spiro atoms. The zero-order chi connectivity index (χ0) is 11.5. The molecule has 1 aliphatic rings. The molecule has 0 aliphatic carbocycles. The molecule has 84 valence electrons. The largest absolute Gasteiger partial charge is 0.373 e. The van der Waals surface area contributed by atoms with Gasteiger partial charge in [-0.3, -0.25) is 10.1 Å². The van der Waals surface area contributed by atoms with E-state index < -0.39 is 24.1 Å². The highest BCUT2D eigenvalue weighted by Crippen LogP contribution is 2.14. The molecule has 0 radical (unpaired) electrons. The molecule has 3 amide bonds. The van der Waals surface area contributed by atoms with E-state index >= 15 is 0 Å². The fraction of sp³-hybridized carbons (Fsp3) is 0.273. The summed E-state index contributed by atoms with van der Waals surface area (Å²) in [6, 6.07) is 8.69. The molecule has 1 aromatic rings. The smallest absolute Gasteiger partial charge is 0.323 e. The molecule has 1 saturated heterocycles. The summed E-state index contributed by atoms with van der Waals surface area (Å²) in [5.41, 5.74) is 0.942. The number of hydrogen-bond donors (Lipinski definition) is 3. The van der Waals surface area contributed by atoms with Crippen LogP contribution >= 0.6 is 0 Å². The fourth-order valence-electron chi connectivity index (χ4n) is 1.69. The SMILES string of the molecule is O=C1NC(=O)C(Cc2ccccc2)C(O)N1. The van der Waals surface area contributed by atoms with Crippen molar-refractivity contribution in [1.29, 1.82) is 0 Å². The van der Waals surface area contributed by atoms with E-state index in [0.29, 0.717) is 6.42 Å². The van der Waals surface area contributed by atoms with Crippen LogP contribution in [0.25, 0.3) is 0 Å². The molecule has 0 aromatic heterocycles. The normalized spacial score (nSPS) is 24.8. The quantitative estimate of drug-likeness (QED) is 0.656. The van der Waals surface area contributed by atoms with E-state index in [4.69, 9.17) is 0 Å². The van der Waals surface area contributed by atoms with Crippen LogP contribution in [-0.4, -0.2) is 23.3 Å². The van der Waals surface area contributed by atoms with Crippen LogP contribution in [0.15, 0.2) is 30.3 Å². The Bertz CT molecular complexity index is 405. The minimum Gasteiger partial charge on any atom is -0.373 e. The Hall–Kier alpha value is -1.88. The summed E-state index contributed by atoms with van der Waals surface area (Å²) >= 11 is 0. The number of imide groups is 1. The average Bonchev–Trinajstić information content (AvgIpc) is 2.25. The molecule has 2 atom stereocenters. The number of benzene rings is 1. The highest BCUT2D eigenvalue weighted by atomic mass is 16.3. The predicted molar refractivity (Wildman–Crippen MR) is 56.3 cm³/mol. The van der Waals surface area contributed by atoms with Gasteiger partial charge in [0.05, 0.1) is 5.92 Å². The van der Waals surface area contributed by atoms with Crippen molar-refractivity contribution in [3.63, 3.8) is 0 Å². The predicted octanol–water partition coefficient (Wildman–Crippen LogP) is 0.00310. The first-order valence-electron chi connectivity index (χ1n) is 5.00. The van der Waals surface area contributed by atoms with Gasteiger partial charge in [0.2, 0.25) is 5.91 Å². The fourth-order valence-corrected chi connectivity index (χ4v) is 1.69. The van der Waals surface area contributed by atoms with E-state index in [1.165, 1.54) is 0 Å². The van der Waals surface area contributed by atoms with Gasteiger partial charge in [0.25, 0.3) is 0 Å². The highest BCUT2D eigenvalue weighted by molar-refractivity contribution is 5.98. The van der Waals surface area contributed by atoms with Gasteiger partial charge in [0, 0.05) is 0 Å². The van der Waals surface area contributed by atoms with Gasteiger partial charge in [-0.1, -0.05) is 30.3 Å². The van der Waals surface area contributed by atoms with Crippen molar-refractivity contribution in [3.05, 3.63) is 35.9 Å². The topological polar surface area (TPSA) is 78.4 Å². The van der Waals surface area contributed by atoms with Crippen LogP contribution in [0.2, 0.25) is 0 Å². The van der Waals surface area contributed by atoms with Crippen LogP contribution in [0.1, 0.15) is 5.56 Å². The van der Waals surface area contributed by atoms with Crippen LogP contribution in [-0.2, 0) is 11.2 Å². The number of amides is 3. The van der Waals surface area contributed by atoms with Crippen molar-refractivity contribution in [2.24, 2.45) is 5.92 Å². The minimum absolute atomic E-state index is 0.397. The lowest BCUT2D eigenvalue weighted by Crippen LogP contribution is -2.58. The van der Waals surface area contributed by atoms with Crippen molar-refractivity contribution in [2.75, 3.05) is 0 Å². The van der Waals surface area contributed by atoms with Crippen LogP contribution in [0.4, 0.5) is 4.79 Å². The highest BCUT2D eigenvalue weighted by Gasteiger charge is 2.33. The number of urea groups is 1. The van der Waals surface area contributed by atoms with Crippen molar-refractivity contribution < 1.29 is 14.7 Å². The van der Waals surface area contributed by atoms with E-state index in [-0.39, 0.29) is 0 Å². The van der Waals surface area contributed by atoms with Gasteiger partial charge in [-0.25, -0.2) is 4.79 Å². The van der Waals surface area contributed by atoms with Gasteiger partial charge in [0.15, 0.2) is 0 Å². The van der Waals surface area contributed by atoms with E-state index in [1.54, 1.807) is 0 Å². The van der Waals surface area contributed by atoms with Crippen molar-refractivity contribution in [3.8, 4) is 0 Å². The van der Waals surface area contributed by atoms with E-state index in [2.05, 4.69) is 10.6 Å². The summed E-state index contributed by atoms with van der Waals surface area (Å²) in [5.74, 6) is -1.08. The van der Waals surface area contributed by atoms with Gasteiger partial charge >= 0.3 is 6.03 Å². The average molecular weight is 220 g/mol. The first-order valence-corrected chi connectivity index (χ1v) is 5.00. The Morgan fingerprint density at radius 2 is 1.88 bits per heavy atom. The molecule has 5 heteroatoms. The van der Waals surface area contributed by atoms with Crippen LogP contribution in [0.5, 0.6) is 0 Å². The zero-order valence-corrected chi connectivity index (χ0v) is 8.51. The molecular formula is C11H12N2O3. The van der Waals surface area contributed by atoms with Crippen LogP contribution < -0.4 is 10.6 Å². The Balaban J connectivity index is 2.09.